The average Bonchev–Trinajstić information content (AvgIpc) is 3.49. The van der Waals surface area contributed by atoms with E-state index >= 15 is 0 Å². The van der Waals surface area contributed by atoms with Gasteiger partial charge in [0, 0.05) is 62.9 Å². The average molecular weight is 562 g/mol. The Bertz CT molecular complexity index is 1550. The fourth-order valence-corrected chi connectivity index (χ4v) is 5.43. The Labute approximate surface area is 239 Å². The number of nitrogens with zero attached hydrogens (tertiary/aromatic N) is 6. The van der Waals surface area contributed by atoms with Crippen LogP contribution in [0.25, 0.3) is 28.1 Å². The second-order valence-corrected chi connectivity index (χ2v) is 12.9. The fourth-order valence-electron chi connectivity index (χ4n) is 5.43. The quantitative estimate of drug-likeness (QED) is 0.364. The molecule has 4 aromatic heterocycles. The van der Waals surface area contributed by atoms with Gasteiger partial charge in [-0.1, -0.05) is 0 Å². The van der Waals surface area contributed by atoms with Crippen molar-refractivity contribution in [2.24, 2.45) is 0 Å². The van der Waals surface area contributed by atoms with Gasteiger partial charge < -0.3 is 24.1 Å². The van der Waals surface area contributed by atoms with E-state index in [1.807, 2.05) is 51.2 Å². The Balaban J connectivity index is 1.16. The molecule has 11 heteroatoms. The number of hydrogen-bond donors (Lipinski definition) is 1. The summed E-state index contributed by atoms with van der Waals surface area (Å²) in [6, 6.07) is 7.66. The van der Waals surface area contributed by atoms with E-state index in [-0.39, 0.29) is 17.7 Å². The van der Waals surface area contributed by atoms with Crippen LogP contribution in [0.2, 0.25) is 0 Å². The number of hydrogen-bond acceptors (Lipinski definition) is 9. The van der Waals surface area contributed by atoms with Gasteiger partial charge in [-0.05, 0) is 59.7 Å². The number of fused-ring (bicyclic) bond motifs is 2. The van der Waals surface area contributed by atoms with Crippen LogP contribution < -0.4 is 15.0 Å². The Morgan fingerprint density at radius 3 is 2.49 bits per heavy atom. The number of anilines is 1. The Kier molecular flexibility index (Phi) is 6.80. The summed E-state index contributed by atoms with van der Waals surface area (Å²) in [5.41, 5.74) is 1.85. The third-order valence-corrected chi connectivity index (χ3v) is 7.65. The number of aromatic nitrogens is 4. The highest BCUT2D eigenvalue weighted by molar-refractivity contribution is 5.92. The van der Waals surface area contributed by atoms with Crippen LogP contribution in [0, 0.1) is 0 Å². The summed E-state index contributed by atoms with van der Waals surface area (Å²) >= 11 is 0. The van der Waals surface area contributed by atoms with Crippen LogP contribution >= 0.6 is 0 Å². The highest BCUT2D eigenvalue weighted by atomic mass is 16.6. The number of ether oxygens (including phenoxy) is 2. The molecule has 0 aromatic carbocycles. The van der Waals surface area contributed by atoms with Crippen molar-refractivity contribution in [2.75, 3.05) is 31.1 Å². The number of piperazine rings is 1. The molecular formula is C30H39N7O4. The van der Waals surface area contributed by atoms with Gasteiger partial charge in [-0.15, -0.1) is 5.10 Å². The molecule has 2 fully saturated rings. The van der Waals surface area contributed by atoms with Crippen molar-refractivity contribution in [3.63, 3.8) is 0 Å². The number of rotatable bonds is 5. The molecule has 0 radical (unpaired) electrons. The van der Waals surface area contributed by atoms with Crippen LogP contribution in [-0.4, -0.2) is 80.0 Å². The molecule has 2 aliphatic rings. The van der Waals surface area contributed by atoms with E-state index in [1.165, 1.54) is 0 Å². The second-order valence-electron chi connectivity index (χ2n) is 12.9. The summed E-state index contributed by atoms with van der Waals surface area (Å²) < 4.78 is 19.5. The second kappa shape index (κ2) is 10.2. The van der Waals surface area contributed by atoms with Crippen LogP contribution in [0.1, 0.15) is 54.4 Å². The molecule has 1 saturated heterocycles. The van der Waals surface area contributed by atoms with E-state index in [1.54, 1.807) is 10.7 Å². The minimum Gasteiger partial charge on any atom is -0.473 e. The van der Waals surface area contributed by atoms with Crippen LogP contribution in [-0.2, 0) is 4.74 Å². The van der Waals surface area contributed by atoms with Gasteiger partial charge in [0.05, 0.1) is 11.6 Å². The topological polar surface area (TPSA) is 110 Å². The van der Waals surface area contributed by atoms with Crippen molar-refractivity contribution in [1.82, 2.24) is 29.8 Å². The van der Waals surface area contributed by atoms with E-state index in [0.29, 0.717) is 30.1 Å². The molecule has 1 aliphatic carbocycles. The normalized spacial score (nSPS) is 20.3. The molecule has 0 spiro atoms. The number of imidazole rings is 1. The summed E-state index contributed by atoms with van der Waals surface area (Å²) in [6.45, 7) is 16.1. The van der Waals surface area contributed by atoms with E-state index in [9.17, 15) is 4.79 Å². The molecule has 5 heterocycles. The maximum atomic E-state index is 12.0. The van der Waals surface area contributed by atoms with Crippen molar-refractivity contribution < 1.29 is 18.7 Å². The van der Waals surface area contributed by atoms with E-state index in [2.05, 4.69) is 40.9 Å². The number of pyridine rings is 1. The van der Waals surface area contributed by atoms with Gasteiger partial charge in [0.15, 0.2) is 11.4 Å². The maximum absolute atomic E-state index is 12.0. The molecule has 1 aliphatic heterocycles. The van der Waals surface area contributed by atoms with Gasteiger partial charge in [0.1, 0.15) is 28.8 Å². The largest absolute Gasteiger partial charge is 0.473 e. The highest BCUT2D eigenvalue weighted by Gasteiger charge is 2.34. The van der Waals surface area contributed by atoms with Crippen LogP contribution in [0.4, 0.5) is 10.6 Å². The number of alkyl carbamates (subject to hydrolysis) is 1. The molecule has 0 atom stereocenters. The molecular weight excluding hydrogens is 522 g/mol. The van der Waals surface area contributed by atoms with Crippen molar-refractivity contribution in [3.05, 3.63) is 36.7 Å². The van der Waals surface area contributed by atoms with Gasteiger partial charge in [0.2, 0.25) is 5.88 Å². The number of carbonyl (C=O) groups excluding carboxylic acids is 1. The summed E-state index contributed by atoms with van der Waals surface area (Å²) in [5, 5.41) is 8.58. The first-order valence-electron chi connectivity index (χ1n) is 14.3. The Morgan fingerprint density at radius 1 is 1.02 bits per heavy atom. The smallest absolute Gasteiger partial charge is 0.407 e. The van der Waals surface area contributed by atoms with Crippen LogP contribution in [0.15, 0.2) is 41.1 Å². The number of carbonyl (C=O) groups is 1. The lowest BCUT2D eigenvalue weighted by Gasteiger charge is -2.42. The molecule has 1 amide bonds. The molecule has 1 saturated carbocycles. The Hall–Kier alpha value is -3.86. The Morgan fingerprint density at radius 2 is 1.78 bits per heavy atom. The lowest BCUT2D eigenvalue weighted by atomic mass is 9.89. The van der Waals surface area contributed by atoms with E-state index < -0.39 is 11.7 Å². The molecule has 0 bridgehead atoms. The number of nitrogens with one attached hydrogen (secondary N) is 1. The third kappa shape index (κ3) is 5.81. The monoisotopic (exact) mass is 561 g/mol. The maximum Gasteiger partial charge on any atom is 0.407 e. The predicted molar refractivity (Wildman–Crippen MR) is 156 cm³/mol. The third-order valence-electron chi connectivity index (χ3n) is 7.65. The molecule has 41 heavy (non-hydrogen) atoms. The number of furan rings is 1. The highest BCUT2D eigenvalue weighted by Crippen LogP contribution is 2.34. The van der Waals surface area contributed by atoms with E-state index in [0.717, 1.165) is 48.7 Å². The minimum absolute atomic E-state index is 0.0252. The minimum atomic E-state index is -0.523. The summed E-state index contributed by atoms with van der Waals surface area (Å²) in [5.74, 6) is 2.11. The molecule has 11 nitrogen and oxygen atoms in total. The van der Waals surface area contributed by atoms with Crippen molar-refractivity contribution in [1.29, 1.82) is 0 Å². The van der Waals surface area contributed by atoms with Crippen molar-refractivity contribution >= 4 is 28.5 Å². The molecule has 1 N–H and O–H groups in total. The van der Waals surface area contributed by atoms with Crippen LogP contribution in [0.3, 0.4) is 0 Å². The lowest BCUT2D eigenvalue weighted by molar-refractivity contribution is 0.0352. The van der Waals surface area contributed by atoms with Crippen molar-refractivity contribution in [2.45, 2.75) is 77.7 Å². The van der Waals surface area contributed by atoms with Crippen molar-refractivity contribution in [3.8, 4) is 17.3 Å². The molecule has 6 rings (SSSR count). The molecule has 0 unspecified atom stereocenters. The van der Waals surface area contributed by atoms with Gasteiger partial charge >= 0.3 is 6.09 Å². The van der Waals surface area contributed by atoms with E-state index in [4.69, 9.17) is 24.0 Å². The standard InChI is InChI=1S/C30H39N7O4/c1-29(2,3)36-13-11-35(12-14-36)27-21-17-24(40-23(21)9-10-31-27)22-18-32-25-7-8-26(34-37(22)25)39-20-15-19(16-20)33-28(38)41-30(4,5)6/h7-10,17-20H,11-16H2,1-6H3,(H,33,38)/t19-,20-. The fraction of sp³-hybridized carbons (Fsp3) is 0.533. The first kappa shape index (κ1) is 27.3. The number of amides is 1. The molecule has 4 aromatic rings. The summed E-state index contributed by atoms with van der Waals surface area (Å²) in [4.78, 5) is 26.1. The summed E-state index contributed by atoms with van der Waals surface area (Å²) in [7, 11) is 0. The van der Waals surface area contributed by atoms with Crippen LogP contribution in [0.5, 0.6) is 5.88 Å². The first-order valence-corrected chi connectivity index (χ1v) is 14.3. The van der Waals surface area contributed by atoms with Gasteiger partial charge in [-0.2, -0.15) is 0 Å². The van der Waals surface area contributed by atoms with Gasteiger partial charge in [-0.25, -0.2) is 19.3 Å². The van der Waals surface area contributed by atoms with Gasteiger partial charge in [0.25, 0.3) is 0 Å². The van der Waals surface area contributed by atoms with Gasteiger partial charge in [-0.3, -0.25) is 4.90 Å². The lowest BCUT2D eigenvalue weighted by Crippen LogP contribution is -2.53. The SMILES string of the molecule is CC(C)(C)OC(=O)N[C@H]1C[C@H](Oc2ccc3ncc(-c4cc5c(N6CCN(C(C)(C)C)CC6)nccc5o4)n3n2)C1. The predicted octanol–water partition coefficient (Wildman–Crippen LogP) is 4.89. The zero-order valence-corrected chi connectivity index (χ0v) is 24.7. The first-order chi connectivity index (χ1) is 19.4. The molecule has 218 valence electrons. The zero-order valence-electron chi connectivity index (χ0n) is 24.7. The zero-order chi connectivity index (χ0) is 28.9. The summed E-state index contributed by atoms with van der Waals surface area (Å²) in [6.07, 6.45) is 4.52.